The van der Waals surface area contributed by atoms with E-state index in [0.717, 1.165) is 32.7 Å². The molecule has 0 heterocycles. The Labute approximate surface area is 132 Å². The topological polar surface area (TPSA) is 52.4 Å². The molecule has 4 aromatic rings. The molecule has 0 fully saturated rings. The lowest BCUT2D eigenvalue weighted by molar-refractivity contribution is -0.382. The van der Waals surface area contributed by atoms with Gasteiger partial charge >= 0.3 is 0 Å². The second kappa shape index (κ2) is 4.95. The van der Waals surface area contributed by atoms with Gasteiger partial charge in [0, 0.05) is 11.5 Å². The van der Waals surface area contributed by atoms with E-state index in [0.29, 0.717) is 5.39 Å². The summed E-state index contributed by atoms with van der Waals surface area (Å²) in [5, 5.41) is 16.7. The van der Waals surface area contributed by atoms with Gasteiger partial charge in [0.25, 0.3) is 5.69 Å². The lowest BCUT2D eigenvalue weighted by atomic mass is 9.95. The monoisotopic (exact) mass is 303 g/mol. The molecule has 0 aliphatic heterocycles. The van der Waals surface area contributed by atoms with Crippen LogP contribution in [0.1, 0.15) is 0 Å². The predicted molar refractivity (Wildman–Crippen MR) is 92.2 cm³/mol. The molecule has 0 saturated heterocycles. The molecule has 4 aromatic carbocycles. The van der Waals surface area contributed by atoms with Crippen LogP contribution >= 0.6 is 0 Å². The van der Waals surface area contributed by atoms with E-state index in [2.05, 4.69) is 0 Å². The van der Waals surface area contributed by atoms with Gasteiger partial charge in [-0.05, 0) is 33.7 Å². The van der Waals surface area contributed by atoms with Gasteiger partial charge in [0.05, 0.1) is 17.4 Å². The lowest BCUT2D eigenvalue weighted by Crippen LogP contribution is -1.92. The van der Waals surface area contributed by atoms with E-state index in [1.807, 2.05) is 48.5 Å². The minimum Gasteiger partial charge on any atom is -0.496 e. The molecule has 0 amide bonds. The van der Waals surface area contributed by atoms with E-state index in [9.17, 15) is 10.1 Å². The van der Waals surface area contributed by atoms with Crippen molar-refractivity contribution in [3.8, 4) is 5.75 Å². The smallest absolute Gasteiger partial charge is 0.277 e. The first kappa shape index (κ1) is 13.5. The summed E-state index contributed by atoms with van der Waals surface area (Å²) in [5.74, 6) is 0.770. The molecule has 4 nitrogen and oxygen atoms in total. The average Bonchev–Trinajstić information content (AvgIpc) is 2.60. The standard InChI is InChI=1S/C19H13NO3/c1-23-19-11-17-12-6-2-4-8-14(12)18(20(21)22)10-16(17)13-7-3-5-9-15(13)19/h2-11H,1H3. The number of ether oxygens (including phenoxy) is 1. The molecule has 4 heteroatoms. The van der Waals surface area contributed by atoms with Crippen molar-refractivity contribution < 1.29 is 9.66 Å². The molecule has 0 atom stereocenters. The van der Waals surface area contributed by atoms with Crippen LogP contribution in [0.25, 0.3) is 32.3 Å². The van der Waals surface area contributed by atoms with Gasteiger partial charge in [0.1, 0.15) is 5.75 Å². The minimum atomic E-state index is -0.319. The number of nitrogens with zero attached hydrogens (tertiary/aromatic N) is 1. The third-order valence-corrected chi connectivity index (χ3v) is 4.24. The second-order valence-corrected chi connectivity index (χ2v) is 5.42. The Morgan fingerprint density at radius 1 is 0.783 bits per heavy atom. The van der Waals surface area contributed by atoms with Crippen molar-refractivity contribution in [2.75, 3.05) is 7.11 Å². The third-order valence-electron chi connectivity index (χ3n) is 4.24. The Hall–Kier alpha value is -3.14. The molecule has 0 bridgehead atoms. The summed E-state index contributed by atoms with van der Waals surface area (Å²) in [6.07, 6.45) is 0. The highest BCUT2D eigenvalue weighted by atomic mass is 16.6. The number of non-ortho nitro benzene ring substituents is 1. The van der Waals surface area contributed by atoms with Crippen LogP contribution in [0.4, 0.5) is 5.69 Å². The third kappa shape index (κ3) is 1.92. The maximum Gasteiger partial charge on any atom is 0.277 e. The van der Waals surface area contributed by atoms with Crippen LogP contribution in [0.15, 0.2) is 60.7 Å². The molecule has 0 aliphatic carbocycles. The van der Waals surface area contributed by atoms with Crippen LogP contribution < -0.4 is 4.74 Å². The molecular weight excluding hydrogens is 290 g/mol. The summed E-state index contributed by atoms with van der Waals surface area (Å²) in [4.78, 5) is 11.2. The van der Waals surface area contributed by atoms with Crippen LogP contribution in [0.3, 0.4) is 0 Å². The number of methoxy groups -OCH3 is 1. The number of fused-ring (bicyclic) bond motifs is 5. The Bertz CT molecular complexity index is 1090. The fourth-order valence-electron chi connectivity index (χ4n) is 3.22. The van der Waals surface area contributed by atoms with Crippen LogP contribution in [-0.2, 0) is 0 Å². The van der Waals surface area contributed by atoms with Crippen molar-refractivity contribution in [3.63, 3.8) is 0 Å². The Kier molecular flexibility index (Phi) is 2.91. The molecular formula is C19H13NO3. The van der Waals surface area contributed by atoms with Gasteiger partial charge in [0.2, 0.25) is 0 Å². The van der Waals surface area contributed by atoms with E-state index < -0.39 is 0 Å². The molecule has 0 aromatic heterocycles. The maximum absolute atomic E-state index is 11.5. The van der Waals surface area contributed by atoms with Gasteiger partial charge in [-0.2, -0.15) is 0 Å². The highest BCUT2D eigenvalue weighted by molar-refractivity contribution is 6.21. The molecule has 4 rings (SSSR count). The predicted octanol–water partition coefficient (Wildman–Crippen LogP) is 5.06. The number of hydrogen-bond acceptors (Lipinski definition) is 3. The van der Waals surface area contributed by atoms with Crippen molar-refractivity contribution in [1.82, 2.24) is 0 Å². The summed E-state index contributed by atoms with van der Waals surface area (Å²) in [7, 11) is 1.64. The fraction of sp³-hybridized carbons (Fsp3) is 0.0526. The van der Waals surface area contributed by atoms with E-state index in [-0.39, 0.29) is 10.6 Å². The number of rotatable bonds is 2. The summed E-state index contributed by atoms with van der Waals surface area (Å²) >= 11 is 0. The molecule has 0 spiro atoms. The van der Waals surface area contributed by atoms with Crippen molar-refractivity contribution in [1.29, 1.82) is 0 Å². The Morgan fingerprint density at radius 3 is 1.91 bits per heavy atom. The Morgan fingerprint density at radius 2 is 1.30 bits per heavy atom. The number of nitro benzene ring substituents is 1. The second-order valence-electron chi connectivity index (χ2n) is 5.42. The van der Waals surface area contributed by atoms with Crippen LogP contribution in [-0.4, -0.2) is 12.0 Å². The molecule has 112 valence electrons. The summed E-state index contributed by atoms with van der Waals surface area (Å²) in [6.45, 7) is 0. The van der Waals surface area contributed by atoms with Gasteiger partial charge in [-0.3, -0.25) is 10.1 Å². The average molecular weight is 303 g/mol. The van der Waals surface area contributed by atoms with Gasteiger partial charge in [-0.15, -0.1) is 0 Å². The molecule has 0 aliphatic rings. The summed E-state index contributed by atoms with van der Waals surface area (Å²) < 4.78 is 5.53. The Balaban J connectivity index is 2.33. The highest BCUT2D eigenvalue weighted by Gasteiger charge is 2.17. The number of hydrogen-bond donors (Lipinski definition) is 0. The quantitative estimate of drug-likeness (QED) is 0.295. The normalized spacial score (nSPS) is 11.2. The zero-order valence-corrected chi connectivity index (χ0v) is 12.4. The van der Waals surface area contributed by atoms with Gasteiger partial charge in [-0.25, -0.2) is 0 Å². The van der Waals surface area contributed by atoms with Gasteiger partial charge in [0.15, 0.2) is 0 Å². The van der Waals surface area contributed by atoms with E-state index in [1.165, 1.54) is 0 Å². The molecule has 0 radical (unpaired) electrons. The first-order valence-electron chi connectivity index (χ1n) is 7.26. The van der Waals surface area contributed by atoms with Crippen molar-refractivity contribution in [2.45, 2.75) is 0 Å². The van der Waals surface area contributed by atoms with Gasteiger partial charge < -0.3 is 4.74 Å². The van der Waals surface area contributed by atoms with Crippen LogP contribution in [0.5, 0.6) is 5.75 Å². The molecule has 23 heavy (non-hydrogen) atoms. The van der Waals surface area contributed by atoms with E-state index in [4.69, 9.17) is 4.74 Å². The minimum absolute atomic E-state index is 0.128. The van der Waals surface area contributed by atoms with Crippen molar-refractivity contribution >= 4 is 38.0 Å². The van der Waals surface area contributed by atoms with Crippen LogP contribution in [0, 0.1) is 10.1 Å². The summed E-state index contributed by atoms with van der Waals surface area (Å²) in [6, 6.07) is 18.9. The fourth-order valence-corrected chi connectivity index (χ4v) is 3.22. The lowest BCUT2D eigenvalue weighted by Gasteiger charge is -2.12. The SMILES string of the molecule is COc1cc2c3ccccc3c([N+](=O)[O-])cc2c2ccccc12. The zero-order valence-electron chi connectivity index (χ0n) is 12.4. The van der Waals surface area contributed by atoms with E-state index in [1.54, 1.807) is 19.2 Å². The van der Waals surface area contributed by atoms with Crippen molar-refractivity contribution in [2.24, 2.45) is 0 Å². The van der Waals surface area contributed by atoms with Gasteiger partial charge in [-0.1, -0.05) is 42.5 Å². The first-order valence-corrected chi connectivity index (χ1v) is 7.26. The molecule has 0 unspecified atom stereocenters. The largest absolute Gasteiger partial charge is 0.496 e. The molecule has 0 N–H and O–H groups in total. The maximum atomic E-state index is 11.5. The highest BCUT2D eigenvalue weighted by Crippen LogP contribution is 2.40. The number of nitro groups is 1. The zero-order chi connectivity index (χ0) is 16.0. The summed E-state index contributed by atoms with van der Waals surface area (Å²) in [5.41, 5.74) is 0.128. The first-order chi connectivity index (χ1) is 11.2. The number of benzene rings is 4. The van der Waals surface area contributed by atoms with E-state index >= 15 is 0 Å². The van der Waals surface area contributed by atoms with Crippen LogP contribution in [0.2, 0.25) is 0 Å². The molecule has 0 saturated carbocycles. The van der Waals surface area contributed by atoms with Crippen molar-refractivity contribution in [3.05, 3.63) is 70.8 Å².